The van der Waals surface area contributed by atoms with Gasteiger partial charge < -0.3 is 25.4 Å². The highest BCUT2D eigenvalue weighted by molar-refractivity contribution is 6.04. The summed E-state index contributed by atoms with van der Waals surface area (Å²) in [5.41, 5.74) is 1.80. The van der Waals surface area contributed by atoms with Crippen molar-refractivity contribution in [3.8, 4) is 5.75 Å². The largest absolute Gasteiger partial charge is 0.497 e. The molecule has 7 nitrogen and oxygen atoms in total. The van der Waals surface area contributed by atoms with Gasteiger partial charge in [-0.15, -0.1) is 0 Å². The number of anilines is 2. The van der Waals surface area contributed by atoms with Crippen LogP contribution >= 0.6 is 0 Å². The predicted molar refractivity (Wildman–Crippen MR) is 103 cm³/mol. The van der Waals surface area contributed by atoms with Crippen LogP contribution < -0.4 is 20.7 Å². The topological polar surface area (TPSA) is 88.7 Å². The molecule has 1 aliphatic heterocycles. The zero-order valence-corrected chi connectivity index (χ0v) is 15.3. The lowest BCUT2D eigenvalue weighted by Crippen LogP contribution is -2.53. The van der Waals surface area contributed by atoms with E-state index in [9.17, 15) is 9.59 Å². The summed E-state index contributed by atoms with van der Waals surface area (Å²) >= 11 is 0. The number of carbonyl (C=O) groups excluding carboxylic acids is 2. The molecule has 2 aromatic carbocycles. The first-order valence-electron chi connectivity index (χ1n) is 8.78. The number of hydrogen-bond acceptors (Lipinski definition) is 5. The fourth-order valence-corrected chi connectivity index (χ4v) is 2.83. The molecular formula is C20H23N3O4. The number of carbonyl (C=O) groups is 2. The first-order chi connectivity index (χ1) is 13.1. The summed E-state index contributed by atoms with van der Waals surface area (Å²) in [5.74, 6) is 0.340. The third kappa shape index (κ3) is 4.84. The van der Waals surface area contributed by atoms with Crippen molar-refractivity contribution in [1.82, 2.24) is 5.32 Å². The van der Waals surface area contributed by atoms with Crippen molar-refractivity contribution < 1.29 is 19.1 Å². The monoisotopic (exact) mass is 369 g/mol. The smallest absolute Gasteiger partial charge is 0.255 e. The van der Waals surface area contributed by atoms with E-state index in [2.05, 4.69) is 16.0 Å². The Morgan fingerprint density at radius 1 is 1.04 bits per heavy atom. The lowest BCUT2D eigenvalue weighted by molar-refractivity contribution is -0.123. The standard InChI is InChI=1S/C20H23N3O4/c1-13-18(21-11-12-27-13)20(25)23-15-5-3-14(4-6-15)19(24)22-16-7-9-17(26-2)10-8-16/h3-10,13,18,21H,11-12H2,1-2H3,(H,22,24)(H,23,25)/t13-,18+/m1/s1. The number of methoxy groups -OCH3 is 1. The van der Waals surface area contributed by atoms with E-state index in [-0.39, 0.29) is 17.9 Å². The molecular weight excluding hydrogens is 346 g/mol. The molecule has 1 aliphatic rings. The van der Waals surface area contributed by atoms with E-state index in [1.807, 2.05) is 6.92 Å². The highest BCUT2D eigenvalue weighted by Crippen LogP contribution is 2.17. The molecule has 1 heterocycles. The number of benzene rings is 2. The molecule has 2 atom stereocenters. The van der Waals surface area contributed by atoms with Crippen molar-refractivity contribution in [3.05, 3.63) is 54.1 Å². The Labute approximate surface area is 158 Å². The van der Waals surface area contributed by atoms with Gasteiger partial charge in [-0.25, -0.2) is 0 Å². The Kier molecular flexibility index (Phi) is 6.05. The molecule has 3 N–H and O–H groups in total. The highest BCUT2D eigenvalue weighted by Gasteiger charge is 2.28. The number of nitrogens with one attached hydrogen (secondary N) is 3. The van der Waals surface area contributed by atoms with Crippen LogP contribution in [0.3, 0.4) is 0 Å². The molecule has 2 amide bonds. The van der Waals surface area contributed by atoms with Gasteiger partial charge in [-0.2, -0.15) is 0 Å². The molecule has 7 heteroatoms. The van der Waals surface area contributed by atoms with Crippen molar-refractivity contribution in [1.29, 1.82) is 0 Å². The van der Waals surface area contributed by atoms with E-state index in [0.717, 1.165) is 5.75 Å². The van der Waals surface area contributed by atoms with Gasteiger partial charge in [0.15, 0.2) is 0 Å². The molecule has 0 aliphatic carbocycles. The lowest BCUT2D eigenvalue weighted by atomic mass is 10.1. The fourth-order valence-electron chi connectivity index (χ4n) is 2.83. The second-order valence-electron chi connectivity index (χ2n) is 6.26. The van der Waals surface area contributed by atoms with Crippen LogP contribution in [0.2, 0.25) is 0 Å². The zero-order valence-electron chi connectivity index (χ0n) is 15.3. The zero-order chi connectivity index (χ0) is 19.2. The molecule has 1 fully saturated rings. The minimum Gasteiger partial charge on any atom is -0.497 e. The van der Waals surface area contributed by atoms with Gasteiger partial charge in [0.1, 0.15) is 11.8 Å². The molecule has 0 saturated carbocycles. The SMILES string of the molecule is COc1ccc(NC(=O)c2ccc(NC(=O)[C@H]3NCCO[C@@H]3C)cc2)cc1. The van der Waals surface area contributed by atoms with Crippen molar-refractivity contribution in [3.63, 3.8) is 0 Å². The predicted octanol–water partition coefficient (Wildman–Crippen LogP) is 2.26. The van der Waals surface area contributed by atoms with Crippen LogP contribution in [0.4, 0.5) is 11.4 Å². The van der Waals surface area contributed by atoms with Crippen molar-refractivity contribution in [2.75, 3.05) is 30.9 Å². The van der Waals surface area contributed by atoms with Crippen LogP contribution in [0.5, 0.6) is 5.75 Å². The Morgan fingerprint density at radius 2 is 1.67 bits per heavy atom. The number of ether oxygens (including phenoxy) is 2. The van der Waals surface area contributed by atoms with Gasteiger partial charge >= 0.3 is 0 Å². The molecule has 0 unspecified atom stereocenters. The average Bonchev–Trinajstić information content (AvgIpc) is 2.69. The minimum absolute atomic E-state index is 0.155. The summed E-state index contributed by atoms with van der Waals surface area (Å²) in [6.45, 7) is 3.11. The van der Waals surface area contributed by atoms with Gasteiger partial charge in [0.25, 0.3) is 5.91 Å². The second kappa shape index (κ2) is 8.66. The van der Waals surface area contributed by atoms with Crippen LogP contribution in [-0.2, 0) is 9.53 Å². The first-order valence-corrected chi connectivity index (χ1v) is 8.78. The van der Waals surface area contributed by atoms with Crippen LogP contribution in [-0.4, -0.2) is 44.2 Å². The van der Waals surface area contributed by atoms with Crippen LogP contribution in [0.1, 0.15) is 17.3 Å². The Balaban J connectivity index is 1.58. The van der Waals surface area contributed by atoms with E-state index < -0.39 is 6.04 Å². The number of amides is 2. The Bertz CT molecular complexity index is 790. The maximum atomic E-state index is 12.3. The molecule has 0 spiro atoms. The van der Waals surface area contributed by atoms with Crippen molar-refractivity contribution in [2.45, 2.75) is 19.1 Å². The summed E-state index contributed by atoms with van der Waals surface area (Å²) in [5, 5.41) is 8.81. The van der Waals surface area contributed by atoms with Gasteiger partial charge in [0.05, 0.1) is 19.8 Å². The maximum absolute atomic E-state index is 12.3. The summed E-state index contributed by atoms with van der Waals surface area (Å²) in [6, 6.07) is 13.4. The van der Waals surface area contributed by atoms with E-state index in [0.29, 0.717) is 30.1 Å². The molecule has 3 rings (SSSR count). The van der Waals surface area contributed by atoms with E-state index >= 15 is 0 Å². The molecule has 0 radical (unpaired) electrons. The molecule has 0 bridgehead atoms. The van der Waals surface area contributed by atoms with Gasteiger partial charge in [0, 0.05) is 23.5 Å². The Morgan fingerprint density at radius 3 is 2.30 bits per heavy atom. The molecule has 27 heavy (non-hydrogen) atoms. The average molecular weight is 369 g/mol. The summed E-state index contributed by atoms with van der Waals surface area (Å²) < 4.78 is 10.6. The third-order valence-electron chi connectivity index (χ3n) is 4.36. The molecule has 2 aromatic rings. The fraction of sp³-hybridized carbons (Fsp3) is 0.300. The number of morpholine rings is 1. The minimum atomic E-state index is -0.392. The third-order valence-corrected chi connectivity index (χ3v) is 4.36. The maximum Gasteiger partial charge on any atom is 0.255 e. The molecule has 0 aromatic heterocycles. The highest BCUT2D eigenvalue weighted by atomic mass is 16.5. The van der Waals surface area contributed by atoms with Crippen LogP contribution in [0.25, 0.3) is 0 Å². The van der Waals surface area contributed by atoms with Gasteiger partial charge in [-0.3, -0.25) is 9.59 Å². The van der Waals surface area contributed by atoms with Crippen LogP contribution in [0, 0.1) is 0 Å². The summed E-state index contributed by atoms with van der Waals surface area (Å²) in [4.78, 5) is 24.7. The Hall–Kier alpha value is -2.90. The number of hydrogen-bond donors (Lipinski definition) is 3. The van der Waals surface area contributed by atoms with Crippen molar-refractivity contribution >= 4 is 23.2 Å². The van der Waals surface area contributed by atoms with Gasteiger partial charge in [-0.05, 0) is 55.5 Å². The first kappa shape index (κ1) is 18.9. The quantitative estimate of drug-likeness (QED) is 0.752. The normalized spacial score (nSPS) is 19.2. The number of rotatable bonds is 5. The second-order valence-corrected chi connectivity index (χ2v) is 6.26. The van der Waals surface area contributed by atoms with E-state index in [1.54, 1.807) is 55.6 Å². The van der Waals surface area contributed by atoms with Crippen molar-refractivity contribution in [2.24, 2.45) is 0 Å². The van der Waals surface area contributed by atoms with Crippen LogP contribution in [0.15, 0.2) is 48.5 Å². The lowest BCUT2D eigenvalue weighted by Gasteiger charge is -2.29. The van der Waals surface area contributed by atoms with Gasteiger partial charge in [-0.1, -0.05) is 0 Å². The molecule has 1 saturated heterocycles. The summed E-state index contributed by atoms with van der Waals surface area (Å²) in [6.07, 6.45) is -0.187. The summed E-state index contributed by atoms with van der Waals surface area (Å²) in [7, 11) is 1.59. The van der Waals surface area contributed by atoms with E-state index in [4.69, 9.17) is 9.47 Å². The molecule has 142 valence electrons. The van der Waals surface area contributed by atoms with E-state index in [1.165, 1.54) is 0 Å². The van der Waals surface area contributed by atoms with Gasteiger partial charge in [0.2, 0.25) is 5.91 Å².